The lowest BCUT2D eigenvalue weighted by Crippen LogP contribution is -2.43. The average Bonchev–Trinajstić information content (AvgIpc) is 3.34. The van der Waals surface area contributed by atoms with Crippen molar-refractivity contribution in [3.05, 3.63) is 44.8 Å². The molecular weight excluding hydrogens is 402 g/mol. The maximum atomic E-state index is 11.3. The van der Waals surface area contributed by atoms with E-state index >= 15 is 0 Å². The number of carboxylic acid groups (broad SMARTS) is 1. The predicted octanol–water partition coefficient (Wildman–Crippen LogP) is 1.000. The first-order valence-electron chi connectivity index (χ1n) is 8.52. The van der Waals surface area contributed by atoms with E-state index in [4.69, 9.17) is 21.3 Å². The van der Waals surface area contributed by atoms with Gasteiger partial charge in [-0.25, -0.2) is 0 Å². The van der Waals surface area contributed by atoms with E-state index < -0.39 is 30.5 Å². The summed E-state index contributed by atoms with van der Waals surface area (Å²) in [5, 5.41) is 18.3. The predicted molar refractivity (Wildman–Crippen MR) is 109 cm³/mol. The zero-order chi connectivity index (χ0) is 20.9. The molecule has 0 aliphatic heterocycles. The number of rotatable bonds is 9. The highest BCUT2D eigenvalue weighted by Gasteiger charge is 2.15. The lowest BCUT2D eigenvalue weighted by atomic mass is 10.1. The van der Waals surface area contributed by atoms with Gasteiger partial charge >= 0.3 is 11.9 Å². The Hall–Kier alpha value is -2.27. The second-order valence-corrected chi connectivity index (χ2v) is 7.31. The van der Waals surface area contributed by atoms with Crippen LogP contribution in [0.25, 0.3) is 0 Å². The number of amides is 1. The number of carbonyl (C=O) groups is 3. The van der Waals surface area contributed by atoms with Gasteiger partial charge in [0.25, 0.3) is 0 Å². The van der Waals surface area contributed by atoms with E-state index in [1.807, 2.05) is 33.7 Å². The van der Waals surface area contributed by atoms with E-state index in [2.05, 4.69) is 5.32 Å². The zero-order valence-corrected chi connectivity index (χ0v) is 17.1. The summed E-state index contributed by atoms with van der Waals surface area (Å²) < 4.78 is 4.79. The Morgan fingerprint density at radius 3 is 2.04 bits per heavy atom. The van der Waals surface area contributed by atoms with Crippen LogP contribution in [0.1, 0.15) is 18.1 Å². The summed E-state index contributed by atoms with van der Waals surface area (Å²) in [6, 6.07) is 2.62. The molecule has 0 radical (unpaired) electrons. The van der Waals surface area contributed by atoms with Crippen molar-refractivity contribution in [2.24, 2.45) is 11.5 Å². The number of carbonyl (C=O) groups excluding carboxylic acids is 2. The fraction of sp³-hybridized carbons (Fsp3) is 0.389. The van der Waals surface area contributed by atoms with Crippen molar-refractivity contribution in [3.8, 4) is 0 Å². The van der Waals surface area contributed by atoms with Crippen LogP contribution < -0.4 is 16.8 Å². The molecule has 154 valence electrons. The van der Waals surface area contributed by atoms with Crippen molar-refractivity contribution in [2.75, 3.05) is 13.2 Å². The Morgan fingerprint density at radius 1 is 1.07 bits per heavy atom. The normalized spacial score (nSPS) is 12.2. The summed E-state index contributed by atoms with van der Waals surface area (Å²) in [6.07, 6.45) is 0.983. The van der Waals surface area contributed by atoms with Crippen molar-refractivity contribution in [1.29, 1.82) is 0 Å². The lowest BCUT2D eigenvalue weighted by Gasteiger charge is -2.09. The molecule has 2 heterocycles. The Morgan fingerprint density at radius 2 is 1.61 bits per heavy atom. The summed E-state index contributed by atoms with van der Waals surface area (Å²) in [5.41, 5.74) is 13.3. The van der Waals surface area contributed by atoms with Gasteiger partial charge in [-0.2, -0.15) is 22.7 Å². The average molecular weight is 428 g/mol. The van der Waals surface area contributed by atoms with Crippen molar-refractivity contribution in [3.63, 3.8) is 0 Å². The number of aliphatic carboxylic acids is 1. The van der Waals surface area contributed by atoms with Crippen LogP contribution in [0.15, 0.2) is 33.7 Å². The summed E-state index contributed by atoms with van der Waals surface area (Å²) in [4.78, 5) is 32.6. The number of thiophene rings is 2. The minimum absolute atomic E-state index is 0.325. The van der Waals surface area contributed by atoms with Gasteiger partial charge in [-0.15, -0.1) is 0 Å². The van der Waals surface area contributed by atoms with Gasteiger partial charge in [-0.1, -0.05) is 0 Å². The largest absolute Gasteiger partial charge is 0.480 e. The van der Waals surface area contributed by atoms with Crippen molar-refractivity contribution >= 4 is 40.5 Å². The molecule has 0 aliphatic carbocycles. The third kappa shape index (κ3) is 9.60. The molecule has 0 saturated heterocycles. The summed E-state index contributed by atoms with van der Waals surface area (Å²) in [7, 11) is 0. The second-order valence-electron chi connectivity index (χ2n) is 5.75. The SMILES string of the molecule is CCOC(=O)C(N)Cc1ccsc1.NC(Cc1ccsc1)C(=O)NCC(=O)O. The standard InChI is InChI=1S/C9H12N2O3S.C9H13NO2S/c10-7(3-6-1-2-15-5-6)9(14)11-4-8(12)13;1-2-12-9(11)8(10)5-7-3-4-13-6-7/h1-2,5,7H,3-4,10H2,(H,11,14)(H,12,13);3-4,6,8H,2,5,10H2,1H3. The van der Waals surface area contributed by atoms with Crippen molar-refractivity contribution < 1.29 is 24.2 Å². The van der Waals surface area contributed by atoms with Crippen LogP contribution in [0.2, 0.25) is 0 Å². The Bertz CT molecular complexity index is 720. The van der Waals surface area contributed by atoms with Gasteiger partial charge in [0.05, 0.1) is 12.6 Å². The molecule has 2 aromatic rings. The molecule has 0 fully saturated rings. The maximum Gasteiger partial charge on any atom is 0.323 e. The molecule has 0 saturated carbocycles. The van der Waals surface area contributed by atoms with Gasteiger partial charge in [-0.3, -0.25) is 14.4 Å². The molecular formula is C18H25N3O5S2. The number of carboxylic acids is 1. The summed E-state index contributed by atoms with van der Waals surface area (Å²) in [6.45, 7) is 1.77. The molecule has 0 spiro atoms. The third-order valence-corrected chi connectivity index (χ3v) is 4.88. The van der Waals surface area contributed by atoms with Crippen LogP contribution in [0.3, 0.4) is 0 Å². The van der Waals surface area contributed by atoms with Crippen LogP contribution in [-0.2, 0) is 32.0 Å². The number of nitrogens with two attached hydrogens (primary N) is 2. The van der Waals surface area contributed by atoms with E-state index in [9.17, 15) is 14.4 Å². The summed E-state index contributed by atoms with van der Waals surface area (Å²) >= 11 is 3.13. The molecule has 2 atom stereocenters. The quantitative estimate of drug-likeness (QED) is 0.437. The first-order chi connectivity index (χ1) is 13.3. The Labute approximate surface area is 171 Å². The monoisotopic (exact) mass is 427 g/mol. The van der Waals surface area contributed by atoms with Crippen LogP contribution in [0.5, 0.6) is 0 Å². The van der Waals surface area contributed by atoms with E-state index in [-0.39, 0.29) is 5.97 Å². The molecule has 0 bridgehead atoms. The molecule has 1 amide bonds. The van der Waals surface area contributed by atoms with Gasteiger partial charge in [-0.05, 0) is 64.5 Å². The highest BCUT2D eigenvalue weighted by molar-refractivity contribution is 7.08. The number of ether oxygens (including phenoxy) is 1. The lowest BCUT2D eigenvalue weighted by molar-refractivity contribution is -0.144. The number of nitrogens with one attached hydrogen (secondary N) is 1. The first kappa shape index (κ1) is 23.8. The Kier molecular flexibility index (Phi) is 11.0. The van der Waals surface area contributed by atoms with Crippen LogP contribution in [0.4, 0.5) is 0 Å². The number of hydrogen-bond acceptors (Lipinski definition) is 8. The maximum absolute atomic E-state index is 11.3. The van der Waals surface area contributed by atoms with Crippen LogP contribution in [-0.4, -0.2) is 48.2 Å². The fourth-order valence-electron chi connectivity index (χ4n) is 2.04. The molecule has 10 heteroatoms. The molecule has 2 rings (SSSR count). The third-order valence-electron chi connectivity index (χ3n) is 3.41. The van der Waals surface area contributed by atoms with Crippen molar-refractivity contribution in [2.45, 2.75) is 31.8 Å². The van der Waals surface area contributed by atoms with E-state index in [1.165, 1.54) is 11.3 Å². The molecule has 6 N–H and O–H groups in total. The Balaban J connectivity index is 0.000000283. The van der Waals surface area contributed by atoms with Crippen LogP contribution >= 0.6 is 22.7 Å². The minimum Gasteiger partial charge on any atom is -0.480 e. The van der Waals surface area contributed by atoms with Crippen molar-refractivity contribution in [1.82, 2.24) is 5.32 Å². The summed E-state index contributed by atoms with van der Waals surface area (Å²) in [5.74, 6) is -1.84. The highest BCUT2D eigenvalue weighted by Crippen LogP contribution is 2.09. The second kappa shape index (κ2) is 13.0. The van der Waals surface area contributed by atoms with Gasteiger partial charge in [0.1, 0.15) is 12.6 Å². The van der Waals surface area contributed by atoms with Gasteiger partial charge in [0.15, 0.2) is 0 Å². The van der Waals surface area contributed by atoms with E-state index in [0.717, 1.165) is 11.1 Å². The van der Waals surface area contributed by atoms with E-state index in [1.54, 1.807) is 18.3 Å². The van der Waals surface area contributed by atoms with Gasteiger partial charge in [0, 0.05) is 0 Å². The van der Waals surface area contributed by atoms with Gasteiger partial charge in [0.2, 0.25) is 5.91 Å². The molecule has 0 aromatic carbocycles. The molecule has 0 aliphatic rings. The fourth-order valence-corrected chi connectivity index (χ4v) is 3.41. The van der Waals surface area contributed by atoms with Gasteiger partial charge < -0.3 is 26.6 Å². The minimum atomic E-state index is -1.08. The molecule has 2 aromatic heterocycles. The molecule has 2 unspecified atom stereocenters. The smallest absolute Gasteiger partial charge is 0.323 e. The first-order valence-corrected chi connectivity index (χ1v) is 10.4. The topological polar surface area (TPSA) is 145 Å². The van der Waals surface area contributed by atoms with Crippen LogP contribution in [0, 0.1) is 0 Å². The highest BCUT2D eigenvalue weighted by atomic mass is 32.1. The number of esters is 1. The molecule has 8 nitrogen and oxygen atoms in total. The zero-order valence-electron chi connectivity index (χ0n) is 15.5. The molecule has 28 heavy (non-hydrogen) atoms. The number of hydrogen-bond donors (Lipinski definition) is 4. The van der Waals surface area contributed by atoms with E-state index in [0.29, 0.717) is 19.4 Å².